The summed E-state index contributed by atoms with van der Waals surface area (Å²) in [5.74, 6) is 4.36. The molecule has 0 heterocycles. The quantitative estimate of drug-likeness (QED) is 0.736. The molecule has 138 valence electrons. The van der Waals surface area contributed by atoms with Gasteiger partial charge in [0, 0.05) is 6.04 Å². The second-order valence-electron chi connectivity index (χ2n) is 10.8. The van der Waals surface area contributed by atoms with Crippen molar-refractivity contribution in [2.24, 2.45) is 52.1 Å². The van der Waals surface area contributed by atoms with Crippen molar-refractivity contribution in [1.29, 1.82) is 0 Å². The number of fused-ring (bicyclic) bond motifs is 5. The first-order valence-electron chi connectivity index (χ1n) is 10.7. The molecule has 0 aromatic heterocycles. The molecule has 1 unspecified atom stereocenters. The highest BCUT2D eigenvalue weighted by atomic mass is 16.3. The summed E-state index contributed by atoms with van der Waals surface area (Å²) in [6.07, 6.45) is 10.1. The maximum Gasteiger partial charge on any atom is 0.0577 e. The van der Waals surface area contributed by atoms with Gasteiger partial charge in [-0.1, -0.05) is 27.7 Å². The van der Waals surface area contributed by atoms with E-state index in [0.717, 1.165) is 36.5 Å². The molecule has 4 fully saturated rings. The van der Waals surface area contributed by atoms with Gasteiger partial charge in [-0.05, 0) is 97.7 Å². The maximum atomic E-state index is 11.2. The second-order valence-corrected chi connectivity index (χ2v) is 10.8. The molecule has 24 heavy (non-hydrogen) atoms. The molecule has 0 amide bonds. The summed E-state index contributed by atoms with van der Waals surface area (Å²) < 4.78 is 0. The third-order valence-corrected chi connectivity index (χ3v) is 9.60. The van der Waals surface area contributed by atoms with Gasteiger partial charge in [0.15, 0.2) is 0 Å². The van der Waals surface area contributed by atoms with Crippen LogP contribution in [0.5, 0.6) is 0 Å². The second kappa shape index (κ2) is 5.71. The lowest BCUT2D eigenvalue weighted by molar-refractivity contribution is -0.165. The number of aliphatic hydroxyl groups excluding tert-OH is 1. The largest absolute Gasteiger partial charge is 0.393 e. The molecule has 0 aliphatic heterocycles. The normalized spacial score (nSPS) is 57.4. The zero-order chi connectivity index (χ0) is 17.3. The molecular weight excluding hydrogens is 294 g/mol. The summed E-state index contributed by atoms with van der Waals surface area (Å²) in [4.78, 5) is 0. The minimum absolute atomic E-state index is 0.0751. The molecular formula is C22H39NO. The Morgan fingerprint density at radius 1 is 0.917 bits per heavy atom. The standard InChI is InChI=1S/C22H39NO/c1-13(2)16-5-6-17-20-18(8-10-22(16,17)4)21(3)9-7-15(23)11-14(21)12-19(20)24/h13-20,24H,5-12,23H2,1-4H3/t14-,15?,16-,17+,18+,19-,20+,21+,22-/m1/s1. The molecule has 0 aromatic rings. The van der Waals surface area contributed by atoms with E-state index in [4.69, 9.17) is 5.73 Å². The molecule has 0 bridgehead atoms. The molecule has 0 aromatic carbocycles. The Bertz CT molecular complexity index is 490. The van der Waals surface area contributed by atoms with E-state index < -0.39 is 0 Å². The van der Waals surface area contributed by atoms with E-state index in [-0.39, 0.29) is 6.10 Å². The van der Waals surface area contributed by atoms with E-state index in [2.05, 4.69) is 27.7 Å². The monoisotopic (exact) mass is 333 g/mol. The fourth-order valence-corrected chi connectivity index (χ4v) is 8.39. The number of rotatable bonds is 1. The molecule has 4 aliphatic rings. The van der Waals surface area contributed by atoms with Crippen molar-refractivity contribution < 1.29 is 5.11 Å². The van der Waals surface area contributed by atoms with Crippen molar-refractivity contribution in [2.45, 2.75) is 91.2 Å². The summed E-state index contributed by atoms with van der Waals surface area (Å²) in [7, 11) is 0. The number of hydrogen-bond acceptors (Lipinski definition) is 2. The highest BCUT2D eigenvalue weighted by Gasteiger charge is 2.62. The highest BCUT2D eigenvalue weighted by Crippen LogP contribution is 2.68. The average Bonchev–Trinajstić information content (AvgIpc) is 2.86. The fourth-order valence-electron chi connectivity index (χ4n) is 8.39. The van der Waals surface area contributed by atoms with Gasteiger partial charge in [-0.3, -0.25) is 0 Å². The minimum Gasteiger partial charge on any atom is -0.393 e. The van der Waals surface area contributed by atoms with Gasteiger partial charge in [0.05, 0.1) is 6.10 Å². The van der Waals surface area contributed by atoms with Gasteiger partial charge in [-0.2, -0.15) is 0 Å². The van der Waals surface area contributed by atoms with Crippen molar-refractivity contribution in [2.75, 3.05) is 0 Å². The first-order chi connectivity index (χ1) is 11.3. The molecule has 0 spiro atoms. The Morgan fingerprint density at radius 2 is 1.58 bits per heavy atom. The third kappa shape index (κ3) is 2.28. The Hall–Kier alpha value is -0.0800. The van der Waals surface area contributed by atoms with Gasteiger partial charge in [0.25, 0.3) is 0 Å². The summed E-state index contributed by atoms with van der Waals surface area (Å²) in [5, 5.41) is 11.2. The number of aliphatic hydroxyl groups is 1. The van der Waals surface area contributed by atoms with Crippen molar-refractivity contribution in [3.63, 3.8) is 0 Å². The van der Waals surface area contributed by atoms with E-state index in [0.29, 0.717) is 28.7 Å². The molecule has 4 saturated carbocycles. The van der Waals surface area contributed by atoms with E-state index in [1.54, 1.807) is 0 Å². The molecule has 2 nitrogen and oxygen atoms in total. The zero-order valence-corrected chi connectivity index (χ0v) is 16.3. The Balaban J connectivity index is 1.65. The first-order valence-corrected chi connectivity index (χ1v) is 10.7. The molecule has 9 atom stereocenters. The van der Waals surface area contributed by atoms with Crippen LogP contribution in [-0.4, -0.2) is 17.3 Å². The van der Waals surface area contributed by atoms with E-state index in [1.807, 2.05) is 0 Å². The Morgan fingerprint density at radius 3 is 2.29 bits per heavy atom. The zero-order valence-electron chi connectivity index (χ0n) is 16.3. The van der Waals surface area contributed by atoms with Crippen LogP contribution in [0.25, 0.3) is 0 Å². The van der Waals surface area contributed by atoms with Gasteiger partial charge in [0.1, 0.15) is 0 Å². The predicted octanol–water partition coefficient (Wildman–Crippen LogP) is 4.60. The van der Waals surface area contributed by atoms with Gasteiger partial charge in [0.2, 0.25) is 0 Å². The van der Waals surface area contributed by atoms with E-state index >= 15 is 0 Å². The van der Waals surface area contributed by atoms with Crippen LogP contribution in [0.1, 0.15) is 79.1 Å². The van der Waals surface area contributed by atoms with Crippen LogP contribution in [0.3, 0.4) is 0 Å². The van der Waals surface area contributed by atoms with Crippen LogP contribution < -0.4 is 5.73 Å². The minimum atomic E-state index is -0.0751. The first kappa shape index (κ1) is 17.3. The molecule has 4 aliphatic carbocycles. The lowest BCUT2D eigenvalue weighted by atomic mass is 9.43. The van der Waals surface area contributed by atoms with Crippen LogP contribution in [-0.2, 0) is 0 Å². The third-order valence-electron chi connectivity index (χ3n) is 9.60. The van der Waals surface area contributed by atoms with Crippen LogP contribution in [0, 0.1) is 46.3 Å². The molecule has 0 radical (unpaired) electrons. The molecule has 4 rings (SSSR count). The summed E-state index contributed by atoms with van der Waals surface area (Å²) in [5.41, 5.74) is 7.21. The lowest BCUT2D eigenvalue weighted by Crippen LogP contribution is -2.59. The fraction of sp³-hybridized carbons (Fsp3) is 1.00. The van der Waals surface area contributed by atoms with Crippen LogP contribution in [0.2, 0.25) is 0 Å². The lowest BCUT2D eigenvalue weighted by Gasteiger charge is -2.62. The van der Waals surface area contributed by atoms with Crippen LogP contribution in [0.4, 0.5) is 0 Å². The number of nitrogens with two attached hydrogens (primary N) is 1. The van der Waals surface area contributed by atoms with Gasteiger partial charge in [-0.25, -0.2) is 0 Å². The van der Waals surface area contributed by atoms with E-state index in [1.165, 1.54) is 38.5 Å². The summed E-state index contributed by atoms with van der Waals surface area (Å²) >= 11 is 0. The van der Waals surface area contributed by atoms with Gasteiger partial charge >= 0.3 is 0 Å². The van der Waals surface area contributed by atoms with E-state index in [9.17, 15) is 5.11 Å². The molecule has 2 heteroatoms. The summed E-state index contributed by atoms with van der Waals surface area (Å²) in [6, 6.07) is 0.373. The molecule has 3 N–H and O–H groups in total. The Kier molecular flexibility index (Phi) is 4.12. The SMILES string of the molecule is CC(C)[C@H]1CC[C@H]2[C@@H]3[C@H](O)C[C@H]4CC(N)CC[C@]4(C)[C@H]3CC[C@]12C. The van der Waals surface area contributed by atoms with Crippen LogP contribution in [0.15, 0.2) is 0 Å². The smallest absolute Gasteiger partial charge is 0.0577 e. The highest BCUT2D eigenvalue weighted by molar-refractivity contribution is 5.11. The topological polar surface area (TPSA) is 46.2 Å². The van der Waals surface area contributed by atoms with Crippen molar-refractivity contribution >= 4 is 0 Å². The van der Waals surface area contributed by atoms with Gasteiger partial charge < -0.3 is 10.8 Å². The van der Waals surface area contributed by atoms with Crippen LogP contribution >= 0.6 is 0 Å². The van der Waals surface area contributed by atoms with Crippen molar-refractivity contribution in [1.82, 2.24) is 0 Å². The van der Waals surface area contributed by atoms with Crippen molar-refractivity contribution in [3.05, 3.63) is 0 Å². The van der Waals surface area contributed by atoms with Gasteiger partial charge in [-0.15, -0.1) is 0 Å². The predicted molar refractivity (Wildman–Crippen MR) is 99.4 cm³/mol. The average molecular weight is 334 g/mol. The number of hydrogen-bond donors (Lipinski definition) is 2. The Labute approximate surface area is 149 Å². The molecule has 0 saturated heterocycles. The van der Waals surface area contributed by atoms with Crippen molar-refractivity contribution in [3.8, 4) is 0 Å². The summed E-state index contributed by atoms with van der Waals surface area (Å²) in [6.45, 7) is 9.97. The maximum absolute atomic E-state index is 11.2.